The Labute approximate surface area is 93.0 Å². The van der Waals surface area contributed by atoms with Gasteiger partial charge in [0.25, 0.3) is 0 Å². The topological polar surface area (TPSA) is 38.0 Å². The summed E-state index contributed by atoms with van der Waals surface area (Å²) in [6, 6.07) is 5.52. The van der Waals surface area contributed by atoms with Crippen LogP contribution < -0.4 is 0 Å². The Balaban J connectivity index is 2.45. The third-order valence-corrected chi connectivity index (χ3v) is 2.58. The van der Waals surface area contributed by atoms with Crippen molar-refractivity contribution in [1.82, 2.24) is 9.55 Å². The number of hydrogen-bond acceptors (Lipinski definition) is 2. The minimum Gasteiger partial charge on any atom is -0.392 e. The molecule has 0 amide bonds. The Hall–Kier alpha value is -1.32. The van der Waals surface area contributed by atoms with Crippen LogP contribution in [0.4, 0.5) is 0 Å². The first-order chi connectivity index (χ1) is 7.20. The second-order valence-corrected chi connectivity index (χ2v) is 3.76. The molecule has 0 fully saturated rings. The summed E-state index contributed by atoms with van der Waals surface area (Å²) in [7, 11) is 0. The molecule has 1 heterocycles. The molecule has 0 spiro atoms. The van der Waals surface area contributed by atoms with Crippen LogP contribution in [0.3, 0.4) is 0 Å². The van der Waals surface area contributed by atoms with Gasteiger partial charge in [-0.25, -0.2) is 4.98 Å². The molecule has 78 valence electrons. The van der Waals surface area contributed by atoms with Gasteiger partial charge < -0.3 is 9.67 Å². The van der Waals surface area contributed by atoms with Gasteiger partial charge in [-0.3, -0.25) is 0 Å². The Morgan fingerprint density at radius 1 is 1.47 bits per heavy atom. The Kier molecular flexibility index (Phi) is 2.75. The average molecular weight is 223 g/mol. The van der Waals surface area contributed by atoms with Crippen molar-refractivity contribution >= 4 is 11.6 Å². The molecule has 2 aromatic rings. The number of aromatic nitrogens is 2. The van der Waals surface area contributed by atoms with Gasteiger partial charge in [0.05, 0.1) is 18.6 Å². The molecule has 3 nitrogen and oxygen atoms in total. The summed E-state index contributed by atoms with van der Waals surface area (Å²) in [5.41, 5.74) is 2.63. The van der Waals surface area contributed by atoms with E-state index in [0.29, 0.717) is 5.02 Å². The van der Waals surface area contributed by atoms with Crippen LogP contribution in [-0.2, 0) is 6.61 Å². The molecule has 0 saturated heterocycles. The van der Waals surface area contributed by atoms with Gasteiger partial charge in [0.2, 0.25) is 0 Å². The van der Waals surface area contributed by atoms with Crippen molar-refractivity contribution in [3.63, 3.8) is 0 Å². The zero-order valence-electron chi connectivity index (χ0n) is 8.31. The van der Waals surface area contributed by atoms with Crippen molar-refractivity contribution in [3.8, 4) is 5.69 Å². The molecule has 0 aliphatic carbocycles. The molecule has 4 heteroatoms. The largest absolute Gasteiger partial charge is 0.392 e. The highest BCUT2D eigenvalue weighted by molar-refractivity contribution is 6.31. The van der Waals surface area contributed by atoms with E-state index in [1.807, 2.05) is 29.8 Å². The van der Waals surface area contributed by atoms with Crippen molar-refractivity contribution in [2.45, 2.75) is 13.5 Å². The molecule has 0 radical (unpaired) electrons. The highest BCUT2D eigenvalue weighted by atomic mass is 35.5. The van der Waals surface area contributed by atoms with Gasteiger partial charge in [-0.15, -0.1) is 0 Å². The third kappa shape index (κ3) is 2.03. The van der Waals surface area contributed by atoms with Gasteiger partial charge in [-0.2, -0.15) is 0 Å². The maximum atomic E-state index is 9.09. The Bertz CT molecular complexity index is 479. The van der Waals surface area contributed by atoms with Gasteiger partial charge in [0, 0.05) is 16.9 Å². The van der Waals surface area contributed by atoms with Gasteiger partial charge in [0.15, 0.2) is 0 Å². The van der Waals surface area contributed by atoms with Gasteiger partial charge in [0.1, 0.15) is 0 Å². The number of benzene rings is 1. The summed E-state index contributed by atoms with van der Waals surface area (Å²) in [5, 5.41) is 9.67. The number of imidazole rings is 1. The molecule has 15 heavy (non-hydrogen) atoms. The first-order valence-corrected chi connectivity index (χ1v) is 4.99. The SMILES string of the molecule is Cc1cn(-c2ccc(Cl)c(CO)c2)cn1. The molecular formula is C11H11ClN2O. The lowest BCUT2D eigenvalue weighted by molar-refractivity contribution is 0.282. The normalized spacial score (nSPS) is 10.6. The van der Waals surface area contributed by atoms with Crippen LogP contribution in [0, 0.1) is 6.92 Å². The number of rotatable bonds is 2. The van der Waals surface area contributed by atoms with Crippen LogP contribution in [0.2, 0.25) is 5.02 Å². The van der Waals surface area contributed by atoms with Crippen molar-refractivity contribution < 1.29 is 5.11 Å². The minimum absolute atomic E-state index is 0.0552. The van der Waals surface area contributed by atoms with Crippen LogP contribution >= 0.6 is 11.6 Å². The lowest BCUT2D eigenvalue weighted by Gasteiger charge is -2.05. The van der Waals surface area contributed by atoms with E-state index in [9.17, 15) is 0 Å². The van der Waals surface area contributed by atoms with E-state index in [2.05, 4.69) is 4.98 Å². The van der Waals surface area contributed by atoms with E-state index >= 15 is 0 Å². The molecular weight excluding hydrogens is 212 g/mol. The summed E-state index contributed by atoms with van der Waals surface area (Å²) < 4.78 is 1.89. The smallest absolute Gasteiger partial charge is 0.0995 e. The second kappa shape index (κ2) is 4.04. The maximum absolute atomic E-state index is 9.09. The first-order valence-electron chi connectivity index (χ1n) is 4.61. The van der Waals surface area contributed by atoms with E-state index in [1.165, 1.54) is 0 Å². The summed E-state index contributed by atoms with van der Waals surface area (Å²) in [6.07, 6.45) is 3.66. The standard InChI is InChI=1S/C11H11ClN2O/c1-8-5-14(7-13-8)10-2-3-11(12)9(4-10)6-15/h2-5,7,15H,6H2,1H3. The van der Waals surface area contributed by atoms with Crippen LogP contribution in [-0.4, -0.2) is 14.7 Å². The van der Waals surface area contributed by atoms with E-state index < -0.39 is 0 Å². The van der Waals surface area contributed by atoms with Crippen molar-refractivity contribution in [2.24, 2.45) is 0 Å². The molecule has 2 rings (SSSR count). The molecule has 0 unspecified atom stereocenters. The van der Waals surface area contributed by atoms with Gasteiger partial charge in [-0.1, -0.05) is 11.6 Å². The van der Waals surface area contributed by atoms with Crippen molar-refractivity contribution in [1.29, 1.82) is 0 Å². The van der Waals surface area contributed by atoms with Crippen LogP contribution in [0.1, 0.15) is 11.3 Å². The van der Waals surface area contributed by atoms with Crippen LogP contribution in [0.5, 0.6) is 0 Å². The fraction of sp³-hybridized carbons (Fsp3) is 0.182. The van der Waals surface area contributed by atoms with E-state index in [4.69, 9.17) is 16.7 Å². The van der Waals surface area contributed by atoms with Crippen molar-refractivity contribution in [2.75, 3.05) is 0 Å². The molecule has 0 aliphatic rings. The average Bonchev–Trinajstić information content (AvgIpc) is 2.66. The Morgan fingerprint density at radius 3 is 2.87 bits per heavy atom. The summed E-state index contributed by atoms with van der Waals surface area (Å²) in [5.74, 6) is 0. The molecule has 0 bridgehead atoms. The first kappa shape index (κ1) is 10.2. The molecule has 1 aromatic heterocycles. The number of nitrogens with zero attached hydrogens (tertiary/aromatic N) is 2. The van der Waals surface area contributed by atoms with Gasteiger partial charge in [-0.05, 0) is 30.7 Å². The number of aliphatic hydroxyl groups excluding tert-OH is 1. The summed E-state index contributed by atoms with van der Waals surface area (Å²) >= 11 is 5.90. The molecule has 0 aliphatic heterocycles. The monoisotopic (exact) mass is 222 g/mol. The highest BCUT2D eigenvalue weighted by Gasteiger charge is 2.02. The van der Waals surface area contributed by atoms with E-state index in [1.54, 1.807) is 12.4 Å². The van der Waals surface area contributed by atoms with Crippen LogP contribution in [0.15, 0.2) is 30.7 Å². The van der Waals surface area contributed by atoms with E-state index in [0.717, 1.165) is 16.9 Å². The molecule has 1 aromatic carbocycles. The lowest BCUT2D eigenvalue weighted by Crippen LogP contribution is -1.93. The fourth-order valence-corrected chi connectivity index (χ4v) is 1.58. The number of hydrogen-bond donors (Lipinski definition) is 1. The molecule has 1 N–H and O–H groups in total. The Morgan fingerprint density at radius 2 is 2.27 bits per heavy atom. The molecule has 0 saturated carbocycles. The predicted octanol–water partition coefficient (Wildman–Crippen LogP) is 2.33. The summed E-state index contributed by atoms with van der Waals surface area (Å²) in [4.78, 5) is 4.14. The number of aliphatic hydroxyl groups is 1. The quantitative estimate of drug-likeness (QED) is 0.847. The maximum Gasteiger partial charge on any atom is 0.0995 e. The van der Waals surface area contributed by atoms with E-state index in [-0.39, 0.29) is 6.61 Å². The predicted molar refractivity (Wildman–Crippen MR) is 59.2 cm³/mol. The third-order valence-electron chi connectivity index (χ3n) is 2.21. The molecule has 0 atom stereocenters. The fourth-order valence-electron chi connectivity index (χ4n) is 1.41. The summed E-state index contributed by atoms with van der Waals surface area (Å²) in [6.45, 7) is 1.87. The zero-order chi connectivity index (χ0) is 10.8. The number of aryl methyl sites for hydroxylation is 1. The second-order valence-electron chi connectivity index (χ2n) is 3.36. The lowest BCUT2D eigenvalue weighted by atomic mass is 10.2. The highest BCUT2D eigenvalue weighted by Crippen LogP contribution is 2.20. The minimum atomic E-state index is -0.0552. The zero-order valence-corrected chi connectivity index (χ0v) is 9.07. The van der Waals surface area contributed by atoms with Gasteiger partial charge >= 0.3 is 0 Å². The van der Waals surface area contributed by atoms with Crippen molar-refractivity contribution in [3.05, 3.63) is 47.0 Å². The van der Waals surface area contributed by atoms with Crippen LogP contribution in [0.25, 0.3) is 5.69 Å². The number of halogens is 1.